The van der Waals surface area contributed by atoms with Gasteiger partial charge < -0.3 is 24.8 Å². The van der Waals surface area contributed by atoms with Crippen molar-refractivity contribution in [3.05, 3.63) is 29.8 Å². The van der Waals surface area contributed by atoms with Crippen LogP contribution in [0.4, 0.5) is 23.7 Å². The number of ether oxygens (including phenoxy) is 3. The lowest BCUT2D eigenvalue weighted by Gasteiger charge is -2.60. The molecule has 2 bridgehead atoms. The minimum absolute atomic E-state index is 0.0380. The molecule has 5 aliphatic rings. The summed E-state index contributed by atoms with van der Waals surface area (Å²) in [6, 6.07) is 4.14. The molecule has 0 aromatic heterocycles. The van der Waals surface area contributed by atoms with E-state index in [2.05, 4.69) is 24.5 Å². The Labute approximate surface area is 214 Å². The smallest absolute Gasteiger partial charge is 0.352 e. The number of benzene rings is 1. The van der Waals surface area contributed by atoms with E-state index >= 15 is 0 Å². The quantitative estimate of drug-likeness (QED) is 0.378. The number of hydrogen-bond donors (Lipinski definition) is 2. The molecule has 1 aromatic carbocycles. The van der Waals surface area contributed by atoms with Crippen LogP contribution in [0.25, 0.3) is 0 Å². The molecular weight excluding hydrogens is 493 g/mol. The standard InChI is InChI=1S/C26H35F3N2O6/c1-15-9-10-18-16(2)21(34-22-25(18)17(15)11-12-24(3,35-22)36-37-25)33-14-6-13-30-23(32)31-20-8-5-4-7-19(20)26(27,28)29/h4-5,7-8,15-18,21-22H,6,9-14H2,1-3H3,(H2,30,31,32)/t15-,16-,17+,18+,21-,22-,24+,25-/m1/s1. The number of carbonyl (C=O) groups excluding carboxylic acids is 1. The first-order chi connectivity index (χ1) is 17.5. The number of carbonyl (C=O) groups is 1. The average Bonchev–Trinajstić information content (AvgIpc) is 3.07. The van der Waals surface area contributed by atoms with Crippen molar-refractivity contribution in [3.8, 4) is 0 Å². The summed E-state index contributed by atoms with van der Waals surface area (Å²) in [6.07, 6.45) is -1.46. The topological polar surface area (TPSA) is 87.3 Å². The van der Waals surface area contributed by atoms with Gasteiger partial charge in [0.05, 0.1) is 17.9 Å². The van der Waals surface area contributed by atoms with Crippen LogP contribution in [-0.2, 0) is 30.2 Å². The van der Waals surface area contributed by atoms with Gasteiger partial charge in [-0.25, -0.2) is 14.6 Å². The lowest BCUT2D eigenvalue weighted by molar-refractivity contribution is -0.577. The molecule has 4 saturated heterocycles. The fourth-order valence-corrected chi connectivity index (χ4v) is 6.54. The van der Waals surface area contributed by atoms with E-state index in [0.717, 1.165) is 31.7 Å². The van der Waals surface area contributed by atoms with Gasteiger partial charge in [-0.1, -0.05) is 26.0 Å². The largest absolute Gasteiger partial charge is 0.418 e. The maximum atomic E-state index is 13.1. The first-order valence-corrected chi connectivity index (χ1v) is 13.1. The van der Waals surface area contributed by atoms with Crippen LogP contribution in [0.3, 0.4) is 0 Å². The number of anilines is 1. The highest BCUT2D eigenvalue weighted by molar-refractivity contribution is 5.90. The van der Waals surface area contributed by atoms with Crippen molar-refractivity contribution in [1.82, 2.24) is 5.32 Å². The number of fused-ring (bicyclic) bond motifs is 2. The number of urea groups is 1. The van der Waals surface area contributed by atoms with Gasteiger partial charge in [0.2, 0.25) is 5.79 Å². The van der Waals surface area contributed by atoms with E-state index in [9.17, 15) is 18.0 Å². The Bertz CT molecular complexity index is 995. The molecule has 2 N–H and O–H groups in total. The number of amides is 2. The second-order valence-corrected chi connectivity index (χ2v) is 10.9. The molecule has 4 aliphatic heterocycles. The highest BCUT2D eigenvalue weighted by Crippen LogP contribution is 2.60. The van der Waals surface area contributed by atoms with Crippen LogP contribution in [0.1, 0.15) is 58.4 Å². The number of hydrogen-bond acceptors (Lipinski definition) is 6. The third-order valence-electron chi connectivity index (χ3n) is 8.47. The van der Waals surface area contributed by atoms with E-state index in [1.807, 2.05) is 6.92 Å². The number of nitrogens with one attached hydrogen (secondary N) is 2. The molecule has 4 heterocycles. The van der Waals surface area contributed by atoms with Crippen molar-refractivity contribution in [2.45, 2.75) is 83.0 Å². The zero-order valence-corrected chi connectivity index (χ0v) is 21.3. The van der Waals surface area contributed by atoms with Gasteiger partial charge in [0.25, 0.3) is 0 Å². The van der Waals surface area contributed by atoms with Crippen LogP contribution in [0.5, 0.6) is 0 Å². The van der Waals surface area contributed by atoms with E-state index in [-0.39, 0.29) is 30.0 Å². The van der Waals surface area contributed by atoms with Crippen LogP contribution in [0.15, 0.2) is 24.3 Å². The third kappa shape index (κ3) is 4.96. The van der Waals surface area contributed by atoms with Crippen molar-refractivity contribution in [1.29, 1.82) is 0 Å². The van der Waals surface area contributed by atoms with Gasteiger partial charge in [-0.3, -0.25) is 0 Å². The predicted molar refractivity (Wildman–Crippen MR) is 126 cm³/mol. The number of alkyl halides is 3. The normalized spacial score (nSPS) is 39.0. The van der Waals surface area contributed by atoms with Crippen molar-refractivity contribution in [2.24, 2.45) is 23.7 Å². The predicted octanol–water partition coefficient (Wildman–Crippen LogP) is 5.44. The van der Waals surface area contributed by atoms with Crippen molar-refractivity contribution in [2.75, 3.05) is 18.5 Å². The van der Waals surface area contributed by atoms with Gasteiger partial charge in [-0.2, -0.15) is 13.2 Å². The number of para-hydroxylation sites is 1. The second-order valence-electron chi connectivity index (χ2n) is 10.9. The summed E-state index contributed by atoms with van der Waals surface area (Å²) in [7, 11) is 0. The summed E-state index contributed by atoms with van der Waals surface area (Å²) in [6.45, 7) is 6.75. The Balaban J connectivity index is 1.14. The molecule has 1 spiro atoms. The molecule has 206 valence electrons. The maximum Gasteiger partial charge on any atom is 0.418 e. The Hall–Kier alpha value is -1.92. The second kappa shape index (κ2) is 10.00. The van der Waals surface area contributed by atoms with Gasteiger partial charge in [-0.15, -0.1) is 0 Å². The van der Waals surface area contributed by atoms with Gasteiger partial charge >= 0.3 is 12.2 Å². The summed E-state index contributed by atoms with van der Waals surface area (Å²) >= 11 is 0. The average molecular weight is 529 g/mol. The van der Waals surface area contributed by atoms with Crippen molar-refractivity contribution < 1.29 is 42.0 Å². The van der Waals surface area contributed by atoms with Crippen LogP contribution in [0, 0.1) is 23.7 Å². The van der Waals surface area contributed by atoms with E-state index in [0.29, 0.717) is 18.9 Å². The summed E-state index contributed by atoms with van der Waals surface area (Å²) in [5.41, 5.74) is -1.84. The van der Waals surface area contributed by atoms with Crippen LogP contribution in [-0.4, -0.2) is 43.2 Å². The lowest BCUT2D eigenvalue weighted by atomic mass is 9.58. The molecule has 0 radical (unpaired) electrons. The van der Waals surface area contributed by atoms with Crippen LogP contribution < -0.4 is 10.6 Å². The molecule has 6 rings (SSSR count). The Morgan fingerprint density at radius 3 is 2.70 bits per heavy atom. The monoisotopic (exact) mass is 528 g/mol. The minimum Gasteiger partial charge on any atom is -0.352 e. The summed E-state index contributed by atoms with van der Waals surface area (Å²) in [5.74, 6) is 0.0768. The van der Waals surface area contributed by atoms with Gasteiger partial charge in [0, 0.05) is 24.8 Å². The fourth-order valence-electron chi connectivity index (χ4n) is 6.54. The molecule has 1 aromatic rings. The van der Waals surface area contributed by atoms with Gasteiger partial charge in [-0.05, 0) is 56.6 Å². The fraction of sp³-hybridized carbons (Fsp3) is 0.731. The van der Waals surface area contributed by atoms with Crippen LogP contribution >= 0.6 is 0 Å². The molecule has 8 nitrogen and oxygen atoms in total. The molecular formula is C26H35F3N2O6. The van der Waals surface area contributed by atoms with E-state index in [4.69, 9.17) is 24.0 Å². The van der Waals surface area contributed by atoms with Gasteiger partial charge in [0.15, 0.2) is 18.2 Å². The molecule has 5 fully saturated rings. The molecule has 1 aliphatic carbocycles. The number of halogens is 3. The Kier molecular flexibility index (Phi) is 7.21. The molecule has 37 heavy (non-hydrogen) atoms. The number of rotatable bonds is 6. The highest BCUT2D eigenvalue weighted by Gasteiger charge is 2.69. The lowest BCUT2D eigenvalue weighted by Crippen LogP contribution is -2.70. The molecule has 1 saturated carbocycles. The minimum atomic E-state index is -4.56. The summed E-state index contributed by atoms with van der Waals surface area (Å²) in [4.78, 5) is 24.1. The zero-order chi connectivity index (χ0) is 26.4. The van der Waals surface area contributed by atoms with Crippen molar-refractivity contribution in [3.63, 3.8) is 0 Å². The SMILES string of the molecule is C[C@H]1[C@H](OCCCNC(=O)Nc2ccccc2C(F)(F)F)O[C@@H]2O[C@]3(C)CC[C@H]4[C@H](C)CC[C@@H]1[C@@]24OO3. The maximum absolute atomic E-state index is 13.1. The third-order valence-corrected chi connectivity index (χ3v) is 8.47. The van der Waals surface area contributed by atoms with Crippen molar-refractivity contribution >= 4 is 11.7 Å². The molecule has 11 heteroatoms. The van der Waals surface area contributed by atoms with E-state index in [1.165, 1.54) is 18.2 Å². The first-order valence-electron chi connectivity index (χ1n) is 13.1. The summed E-state index contributed by atoms with van der Waals surface area (Å²) in [5, 5.41) is 4.85. The van der Waals surface area contributed by atoms with Crippen LogP contribution in [0.2, 0.25) is 0 Å². The van der Waals surface area contributed by atoms with E-state index in [1.54, 1.807) is 0 Å². The molecule has 8 atom stereocenters. The summed E-state index contributed by atoms with van der Waals surface area (Å²) < 4.78 is 58.1. The van der Waals surface area contributed by atoms with Gasteiger partial charge in [0.1, 0.15) is 0 Å². The van der Waals surface area contributed by atoms with E-state index < -0.39 is 41.7 Å². The Morgan fingerprint density at radius 1 is 1.14 bits per heavy atom. The Morgan fingerprint density at radius 2 is 1.92 bits per heavy atom. The molecule has 2 amide bonds. The molecule has 0 unspecified atom stereocenters. The highest BCUT2D eigenvalue weighted by atomic mass is 19.4. The first kappa shape index (κ1) is 26.7. The zero-order valence-electron chi connectivity index (χ0n) is 21.3.